The first-order valence-electron chi connectivity index (χ1n) is 12.3. The molecule has 0 heterocycles. The van der Waals surface area contributed by atoms with Crippen LogP contribution in [0, 0.1) is 0 Å². The summed E-state index contributed by atoms with van der Waals surface area (Å²) in [6.45, 7) is 4.38. The summed E-state index contributed by atoms with van der Waals surface area (Å²) in [7, 11) is 0. The van der Waals surface area contributed by atoms with Gasteiger partial charge in [-0.25, -0.2) is 0 Å². The predicted octanol–water partition coefficient (Wildman–Crippen LogP) is 7.81. The Kier molecular flexibility index (Phi) is 8.63. The Morgan fingerprint density at radius 2 is 1.03 bits per heavy atom. The van der Waals surface area contributed by atoms with Gasteiger partial charge in [0.25, 0.3) is 0 Å². The molecule has 0 fully saturated rings. The summed E-state index contributed by atoms with van der Waals surface area (Å²) >= 11 is 0. The first-order valence-corrected chi connectivity index (χ1v) is 12.3. The van der Waals surface area contributed by atoms with Crippen molar-refractivity contribution in [1.29, 1.82) is 0 Å². The van der Waals surface area contributed by atoms with E-state index in [1.165, 1.54) is 47.9 Å². The van der Waals surface area contributed by atoms with Gasteiger partial charge in [0.05, 0.1) is 0 Å². The van der Waals surface area contributed by atoms with E-state index in [2.05, 4.69) is 62.4 Å². The van der Waals surface area contributed by atoms with E-state index >= 15 is 0 Å². The van der Waals surface area contributed by atoms with Crippen LogP contribution in [-0.4, -0.2) is 11.6 Å². The fourth-order valence-electron chi connectivity index (χ4n) is 5.21. The number of benzene rings is 2. The van der Waals surface area contributed by atoms with Crippen LogP contribution < -0.4 is 0 Å². The summed E-state index contributed by atoms with van der Waals surface area (Å²) in [4.78, 5) is 26.3. The summed E-state index contributed by atoms with van der Waals surface area (Å²) in [6, 6.07) is 16.8. The lowest BCUT2D eigenvalue weighted by molar-refractivity contribution is -0.122. The molecule has 31 heavy (non-hydrogen) atoms. The lowest BCUT2D eigenvalue weighted by atomic mass is 9.70. The van der Waals surface area contributed by atoms with Crippen molar-refractivity contribution < 1.29 is 9.59 Å². The molecule has 0 atom stereocenters. The Bertz CT molecular complexity index is 806. The van der Waals surface area contributed by atoms with Crippen molar-refractivity contribution in [3.8, 4) is 11.1 Å². The SMILES string of the molecule is CCCCCCC(=O)CC1(CC(=O)CCCCCC)c2ccccc2-c2ccccc21. The fourth-order valence-corrected chi connectivity index (χ4v) is 5.21. The molecular weight excluding hydrogens is 380 g/mol. The number of carbonyl (C=O) groups excluding carboxylic acids is 2. The highest BCUT2D eigenvalue weighted by molar-refractivity contribution is 5.91. The molecular formula is C29H38O2. The van der Waals surface area contributed by atoms with Crippen LogP contribution in [0.1, 0.15) is 102 Å². The molecule has 2 nitrogen and oxygen atoms in total. The van der Waals surface area contributed by atoms with E-state index in [9.17, 15) is 9.59 Å². The number of fused-ring (bicyclic) bond motifs is 3. The highest BCUT2D eigenvalue weighted by Gasteiger charge is 2.45. The Hall–Kier alpha value is -2.22. The number of hydrogen-bond acceptors (Lipinski definition) is 2. The molecule has 0 aliphatic heterocycles. The van der Waals surface area contributed by atoms with Crippen molar-refractivity contribution in [1.82, 2.24) is 0 Å². The van der Waals surface area contributed by atoms with Gasteiger partial charge >= 0.3 is 0 Å². The second-order valence-corrected chi connectivity index (χ2v) is 9.23. The van der Waals surface area contributed by atoms with E-state index < -0.39 is 5.41 Å². The zero-order valence-electron chi connectivity index (χ0n) is 19.4. The maximum atomic E-state index is 13.2. The maximum Gasteiger partial charge on any atom is 0.134 e. The van der Waals surface area contributed by atoms with Gasteiger partial charge in [-0.2, -0.15) is 0 Å². The van der Waals surface area contributed by atoms with Crippen LogP contribution >= 0.6 is 0 Å². The number of carbonyl (C=O) groups is 2. The zero-order chi connectivity index (χ0) is 22.1. The van der Waals surface area contributed by atoms with Gasteiger partial charge in [-0.3, -0.25) is 9.59 Å². The summed E-state index contributed by atoms with van der Waals surface area (Å²) in [5.74, 6) is 0.586. The number of hydrogen-bond donors (Lipinski definition) is 0. The van der Waals surface area contributed by atoms with Crippen LogP contribution in [0.4, 0.5) is 0 Å². The zero-order valence-corrected chi connectivity index (χ0v) is 19.4. The van der Waals surface area contributed by atoms with Crippen LogP contribution in [0.3, 0.4) is 0 Å². The second kappa shape index (κ2) is 11.4. The lowest BCUT2D eigenvalue weighted by Gasteiger charge is -2.31. The third-order valence-corrected chi connectivity index (χ3v) is 6.79. The molecule has 2 aromatic rings. The Morgan fingerprint density at radius 3 is 1.45 bits per heavy atom. The first kappa shape index (κ1) is 23.4. The van der Waals surface area contributed by atoms with Crippen molar-refractivity contribution in [3.63, 3.8) is 0 Å². The largest absolute Gasteiger partial charge is 0.300 e. The van der Waals surface area contributed by atoms with Gasteiger partial charge in [0.15, 0.2) is 0 Å². The molecule has 166 valence electrons. The predicted molar refractivity (Wildman–Crippen MR) is 129 cm³/mol. The average Bonchev–Trinajstić information content (AvgIpc) is 3.04. The summed E-state index contributed by atoms with van der Waals surface area (Å²) in [6.07, 6.45) is 11.0. The van der Waals surface area contributed by atoms with Gasteiger partial charge in [-0.15, -0.1) is 0 Å². The minimum absolute atomic E-state index is 0.293. The van der Waals surface area contributed by atoms with Crippen LogP contribution in [0.2, 0.25) is 0 Å². The molecule has 0 spiro atoms. The molecule has 0 bridgehead atoms. The summed E-state index contributed by atoms with van der Waals surface area (Å²) in [5.41, 5.74) is 4.21. The molecule has 0 N–H and O–H groups in total. The van der Waals surface area contributed by atoms with Crippen molar-refractivity contribution in [2.75, 3.05) is 0 Å². The van der Waals surface area contributed by atoms with E-state index in [0.717, 1.165) is 25.7 Å². The van der Waals surface area contributed by atoms with Gasteiger partial charge < -0.3 is 0 Å². The maximum absolute atomic E-state index is 13.2. The summed E-state index contributed by atoms with van der Waals surface area (Å²) in [5, 5.41) is 0. The molecule has 2 heteroatoms. The lowest BCUT2D eigenvalue weighted by Crippen LogP contribution is -2.31. The van der Waals surface area contributed by atoms with Gasteiger partial charge in [-0.05, 0) is 35.1 Å². The minimum Gasteiger partial charge on any atom is -0.300 e. The molecule has 0 aromatic heterocycles. The van der Waals surface area contributed by atoms with Crippen molar-refractivity contribution in [2.45, 2.75) is 96.3 Å². The monoisotopic (exact) mass is 418 g/mol. The Labute approximate surface area is 188 Å². The Balaban J connectivity index is 1.88. The summed E-state index contributed by atoms with van der Waals surface area (Å²) < 4.78 is 0. The topological polar surface area (TPSA) is 34.1 Å². The van der Waals surface area contributed by atoms with Crippen molar-refractivity contribution >= 4 is 11.6 Å². The van der Waals surface area contributed by atoms with Gasteiger partial charge in [-0.1, -0.05) is 101 Å². The van der Waals surface area contributed by atoms with Crippen molar-refractivity contribution in [3.05, 3.63) is 59.7 Å². The molecule has 0 saturated heterocycles. The molecule has 0 radical (unpaired) electrons. The van der Waals surface area contributed by atoms with E-state index in [4.69, 9.17) is 0 Å². The molecule has 1 aliphatic rings. The second-order valence-electron chi connectivity index (χ2n) is 9.23. The number of unbranched alkanes of at least 4 members (excludes halogenated alkanes) is 6. The third-order valence-electron chi connectivity index (χ3n) is 6.79. The quantitative estimate of drug-likeness (QED) is 0.293. The number of Topliss-reactive ketones (excluding diaryl/α,β-unsaturated/α-hetero) is 2. The molecule has 0 unspecified atom stereocenters. The molecule has 0 saturated carbocycles. The minimum atomic E-state index is -0.503. The molecule has 3 rings (SSSR count). The standard InChI is InChI=1S/C29H38O2/c1-3-5-7-9-15-23(30)21-29(22-24(31)16-10-8-6-4-2)27-19-13-11-17-25(27)26-18-12-14-20-28(26)29/h11-14,17-20H,3-10,15-16,21-22H2,1-2H3. The third kappa shape index (κ3) is 5.53. The molecule has 2 aromatic carbocycles. The van der Waals surface area contributed by atoms with Gasteiger partial charge in [0.2, 0.25) is 0 Å². The van der Waals surface area contributed by atoms with Crippen LogP contribution in [0.5, 0.6) is 0 Å². The smallest absolute Gasteiger partial charge is 0.134 e. The van der Waals surface area contributed by atoms with E-state index in [0.29, 0.717) is 37.2 Å². The van der Waals surface area contributed by atoms with Crippen LogP contribution in [0.25, 0.3) is 11.1 Å². The fraction of sp³-hybridized carbons (Fsp3) is 0.517. The molecule has 1 aliphatic carbocycles. The normalized spacial score (nSPS) is 13.6. The van der Waals surface area contributed by atoms with E-state index in [-0.39, 0.29) is 0 Å². The van der Waals surface area contributed by atoms with Crippen molar-refractivity contribution in [2.24, 2.45) is 0 Å². The first-order chi connectivity index (χ1) is 15.1. The molecule has 0 amide bonds. The Morgan fingerprint density at radius 1 is 0.613 bits per heavy atom. The van der Waals surface area contributed by atoms with Gasteiger partial charge in [0, 0.05) is 31.1 Å². The average molecular weight is 419 g/mol. The number of ketones is 2. The number of rotatable bonds is 14. The van der Waals surface area contributed by atoms with E-state index in [1.54, 1.807) is 0 Å². The highest BCUT2D eigenvalue weighted by Crippen LogP contribution is 2.53. The van der Waals surface area contributed by atoms with Gasteiger partial charge in [0.1, 0.15) is 11.6 Å². The van der Waals surface area contributed by atoms with Crippen LogP contribution in [0.15, 0.2) is 48.5 Å². The highest BCUT2D eigenvalue weighted by atomic mass is 16.1. The van der Waals surface area contributed by atoms with E-state index in [1.807, 2.05) is 0 Å². The van der Waals surface area contributed by atoms with Crippen LogP contribution in [-0.2, 0) is 15.0 Å².